The van der Waals surface area contributed by atoms with Crippen LogP contribution in [0.5, 0.6) is 0 Å². The summed E-state index contributed by atoms with van der Waals surface area (Å²) in [7, 11) is 0. The monoisotopic (exact) mass is 711 g/mol. The van der Waals surface area contributed by atoms with E-state index in [1.807, 2.05) is 20.8 Å². The highest BCUT2D eigenvalue weighted by atomic mass is 16.6. The predicted molar refractivity (Wildman–Crippen MR) is 268 cm³/mol. The van der Waals surface area contributed by atoms with Crippen LogP contribution in [0.2, 0.25) is 0 Å². The largest absolute Gasteiger partial charge is 0.392 e. The van der Waals surface area contributed by atoms with Gasteiger partial charge in [-0.1, -0.05) is 259 Å². The van der Waals surface area contributed by atoms with Gasteiger partial charge in [-0.25, -0.2) is 0 Å². The molecule has 3 nitrogen and oxygen atoms in total. The Morgan fingerprint density at radius 1 is 0.391 bits per heavy atom. The molecule has 0 aromatic rings. The number of hydrogen-bond acceptors (Lipinski definition) is 3. The number of hydrogen-bond donors (Lipinski definition) is 0. The maximum absolute atomic E-state index is 11.6. The number of fused-ring (bicyclic) bond motifs is 2. The third-order valence-corrected chi connectivity index (χ3v) is 4.15. The van der Waals surface area contributed by atoms with Crippen LogP contribution in [0.1, 0.15) is 279 Å². The molecule has 1 aliphatic carbocycles. The van der Waals surface area contributed by atoms with Gasteiger partial charge in [0.1, 0.15) is 0 Å². The molecule has 1 heterocycles. The molecular formula is C43H146O3. The van der Waals surface area contributed by atoms with Crippen LogP contribution in [0.15, 0.2) is 0 Å². The quantitative estimate of drug-likeness (QED) is 0.186. The molecule has 2 aliphatic rings. The van der Waals surface area contributed by atoms with Gasteiger partial charge in [0.2, 0.25) is 0 Å². The minimum absolute atomic E-state index is 0. The van der Waals surface area contributed by atoms with E-state index in [0.717, 1.165) is 12.8 Å². The molecule has 0 aromatic heterocycles. The molecule has 0 amide bonds. The smallest absolute Gasteiger partial charge is 0.320 e. The van der Waals surface area contributed by atoms with Crippen molar-refractivity contribution in [3.05, 3.63) is 0 Å². The Labute approximate surface area is 321 Å². The van der Waals surface area contributed by atoms with Crippen molar-refractivity contribution in [3.8, 4) is 0 Å². The van der Waals surface area contributed by atoms with E-state index in [0.29, 0.717) is 0 Å². The van der Waals surface area contributed by atoms with E-state index >= 15 is 0 Å². The van der Waals surface area contributed by atoms with Crippen LogP contribution in [-0.4, -0.2) is 11.9 Å². The first-order chi connectivity index (χ1) is 5.89. The molecule has 2 atom stereocenters. The zero-order valence-corrected chi connectivity index (χ0v) is 8.22. The molecule has 0 spiro atoms. The SMILES string of the molecule is C.C.C.C.C.C.C.C.C.C.C.C.C.C.C.C.C.C.C.C.C.C.C.C.C.C.C.C.C.C.C.C.C.CC1(C)C2CC[C@@]1(C)C(=O)OC2=O. The molecule has 1 aliphatic heterocycles. The van der Waals surface area contributed by atoms with Crippen molar-refractivity contribution < 1.29 is 14.3 Å². The van der Waals surface area contributed by atoms with Crippen LogP contribution in [-0.2, 0) is 14.3 Å². The Bertz CT molecular complexity index is 298. The summed E-state index contributed by atoms with van der Waals surface area (Å²) in [5, 5.41) is 0. The Morgan fingerprint density at radius 3 is 0.739 bits per heavy atom. The van der Waals surface area contributed by atoms with Gasteiger partial charge in [0.25, 0.3) is 0 Å². The highest BCUT2D eigenvalue weighted by molar-refractivity contribution is 5.95. The fourth-order valence-corrected chi connectivity index (χ4v) is 2.55. The van der Waals surface area contributed by atoms with Gasteiger partial charge in [0, 0.05) is 0 Å². The van der Waals surface area contributed by atoms with Gasteiger partial charge in [0.15, 0.2) is 0 Å². The minimum atomic E-state index is -0.453. The van der Waals surface area contributed by atoms with Crippen molar-refractivity contribution in [2.24, 2.45) is 16.7 Å². The number of carbonyl (C=O) groups is 2. The molecule has 1 unspecified atom stereocenters. The van der Waals surface area contributed by atoms with Crippen LogP contribution < -0.4 is 0 Å². The van der Waals surface area contributed by atoms with Crippen molar-refractivity contribution in [1.82, 2.24) is 0 Å². The normalized spacial score (nSPS) is 11.8. The van der Waals surface area contributed by atoms with Gasteiger partial charge >= 0.3 is 11.9 Å². The molecule has 0 radical (unpaired) electrons. The summed E-state index contributed by atoms with van der Waals surface area (Å²) in [6.07, 6.45) is 1.56. The highest BCUT2D eigenvalue weighted by Gasteiger charge is 2.63. The summed E-state index contributed by atoms with van der Waals surface area (Å²) in [4.78, 5) is 22.9. The Morgan fingerprint density at radius 2 is 0.565 bits per heavy atom. The number of ether oxygens (including phenoxy) is 1. The molecule has 46 heavy (non-hydrogen) atoms. The summed E-state index contributed by atoms with van der Waals surface area (Å²) in [5.41, 5.74) is -0.689. The number of carbonyl (C=O) groups excluding carboxylic acids is 2. The number of rotatable bonds is 0. The third-order valence-electron chi connectivity index (χ3n) is 4.15. The Hall–Kier alpha value is -0.860. The van der Waals surface area contributed by atoms with E-state index in [-0.39, 0.29) is 268 Å². The molecule has 0 N–H and O–H groups in total. The first-order valence-corrected chi connectivity index (χ1v) is 4.66. The first kappa shape index (κ1) is 509. The molecule has 1 saturated heterocycles. The zero-order valence-electron chi connectivity index (χ0n) is 8.22. The van der Waals surface area contributed by atoms with E-state index in [1.54, 1.807) is 0 Å². The average Bonchev–Trinajstić information content (AvgIpc) is 2.16. The fraction of sp³-hybridized carbons (Fsp3) is 0.953. The number of esters is 2. The molecule has 2 fully saturated rings. The van der Waals surface area contributed by atoms with Gasteiger partial charge in [-0.05, 0) is 25.2 Å². The summed E-state index contributed by atoms with van der Waals surface area (Å²) in [6.45, 7) is 5.88. The van der Waals surface area contributed by atoms with Crippen LogP contribution in [0.3, 0.4) is 0 Å². The van der Waals surface area contributed by atoms with Crippen molar-refractivity contribution in [2.75, 3.05) is 0 Å². The summed E-state index contributed by atoms with van der Waals surface area (Å²) in [5.74, 6) is -0.753. The van der Waals surface area contributed by atoms with Gasteiger partial charge in [-0.3, -0.25) is 9.59 Å². The third kappa shape index (κ3) is 65.7. The van der Waals surface area contributed by atoms with Crippen molar-refractivity contribution in [2.45, 2.75) is 279 Å². The second kappa shape index (κ2) is 153. The van der Waals surface area contributed by atoms with E-state index in [1.165, 1.54) is 0 Å². The topological polar surface area (TPSA) is 43.4 Å². The molecule has 2 rings (SSSR count). The first-order valence-electron chi connectivity index (χ1n) is 4.66. The summed E-state index contributed by atoms with van der Waals surface area (Å²) < 4.78 is 4.73. The lowest BCUT2D eigenvalue weighted by molar-refractivity contribution is -0.185. The maximum Gasteiger partial charge on any atom is 0.320 e. The number of cyclic esters (lactones) is 2. The molecular weight excluding hydrogens is 564 g/mol. The van der Waals surface area contributed by atoms with E-state index in [2.05, 4.69) is 0 Å². The average molecular weight is 712 g/mol. The van der Waals surface area contributed by atoms with Crippen molar-refractivity contribution >= 4 is 11.9 Å². The van der Waals surface area contributed by atoms with E-state index in [4.69, 9.17) is 4.74 Å². The van der Waals surface area contributed by atoms with Gasteiger partial charge in [-0.15, -0.1) is 0 Å². The lowest BCUT2D eigenvalue weighted by Crippen LogP contribution is -2.49. The zero-order chi connectivity index (χ0) is 9.85. The molecule has 0 aromatic carbocycles. The van der Waals surface area contributed by atoms with E-state index < -0.39 is 5.41 Å². The maximum atomic E-state index is 11.6. The molecule has 3 heteroatoms. The van der Waals surface area contributed by atoms with Crippen molar-refractivity contribution in [3.63, 3.8) is 0 Å². The fourth-order valence-electron chi connectivity index (χ4n) is 2.55. The van der Waals surface area contributed by atoms with Crippen LogP contribution in [0, 0.1) is 16.7 Å². The van der Waals surface area contributed by atoms with Crippen LogP contribution in [0.4, 0.5) is 0 Å². The lowest BCUT2D eigenvalue weighted by atomic mass is 9.64. The standard InChI is InChI=1S/C10H14O3.33CH4/c1-9(2)6-4-5-10(9,3)8(12)13-7(6)11;;;;;;;;;;;;;;;;;;;;;;;;;;;;;;;;;/h6H,4-5H2,1-3H3;33*1H4/t6?,10-;;;;;;;;;;;;;;;;;;;;;;;;;;;;;;;;;/m0................................./s1. The van der Waals surface area contributed by atoms with Gasteiger partial charge in [0.05, 0.1) is 11.3 Å². The minimum Gasteiger partial charge on any atom is -0.392 e. The van der Waals surface area contributed by atoms with E-state index in [9.17, 15) is 9.59 Å². The lowest BCUT2D eigenvalue weighted by Gasteiger charge is -2.41. The molecule has 336 valence electrons. The van der Waals surface area contributed by atoms with Crippen molar-refractivity contribution in [1.29, 1.82) is 0 Å². The second-order valence-electron chi connectivity index (χ2n) is 4.85. The van der Waals surface area contributed by atoms with Crippen LogP contribution in [0.25, 0.3) is 0 Å². The predicted octanol–water partition coefficient (Wildman–Crippen LogP) is 22.5. The molecule has 1 saturated carbocycles. The van der Waals surface area contributed by atoms with Gasteiger partial charge in [-0.2, -0.15) is 0 Å². The second-order valence-corrected chi connectivity index (χ2v) is 4.85. The van der Waals surface area contributed by atoms with Gasteiger partial charge < -0.3 is 4.74 Å². The Balaban J connectivity index is -0.00000000198. The van der Waals surface area contributed by atoms with Crippen LogP contribution >= 0.6 is 0 Å². The summed E-state index contributed by atoms with van der Waals surface area (Å²) in [6, 6.07) is 0. The highest BCUT2D eigenvalue weighted by Crippen LogP contribution is 2.59. The Kier molecular flexibility index (Phi) is 1700. The summed E-state index contributed by atoms with van der Waals surface area (Å²) >= 11 is 0. The molecule has 2 bridgehead atoms.